The fourth-order valence-corrected chi connectivity index (χ4v) is 3.51. The highest BCUT2D eigenvalue weighted by Gasteiger charge is 2.48. The third kappa shape index (κ3) is 1.44. The normalized spacial score (nSPS) is 27.0. The fourth-order valence-electron chi connectivity index (χ4n) is 2.50. The van der Waals surface area contributed by atoms with Gasteiger partial charge in [0, 0.05) is 12.0 Å². The summed E-state index contributed by atoms with van der Waals surface area (Å²) >= 11 is 3.53. The van der Waals surface area contributed by atoms with Gasteiger partial charge in [0.2, 0.25) is 0 Å². The number of rotatable bonds is 0. The van der Waals surface area contributed by atoms with Crippen LogP contribution in [0.5, 0.6) is 0 Å². The van der Waals surface area contributed by atoms with E-state index in [1.807, 2.05) is 6.07 Å². The van der Waals surface area contributed by atoms with E-state index in [2.05, 4.69) is 15.9 Å². The standard InChI is InChI=1S/C12H12BrFO2/c13-11-10-8(2-1-3-9(10)14)4-5-12(11)15-6-7-16-12/h1-3,11H,4-7H2. The minimum atomic E-state index is -0.658. The molecule has 1 heterocycles. The van der Waals surface area contributed by atoms with Gasteiger partial charge < -0.3 is 9.47 Å². The highest BCUT2D eigenvalue weighted by Crippen LogP contribution is 2.48. The first-order valence-corrected chi connectivity index (χ1v) is 6.34. The zero-order chi connectivity index (χ0) is 11.2. The molecular formula is C12H12BrFO2. The number of alkyl halides is 1. The lowest BCUT2D eigenvalue weighted by Gasteiger charge is -2.37. The molecule has 1 atom stereocenters. The minimum Gasteiger partial charge on any atom is -0.346 e. The molecule has 1 aromatic carbocycles. The Hall–Kier alpha value is -0.450. The van der Waals surface area contributed by atoms with E-state index < -0.39 is 5.79 Å². The molecule has 1 aliphatic carbocycles. The molecule has 4 heteroatoms. The lowest BCUT2D eigenvalue weighted by atomic mass is 9.87. The van der Waals surface area contributed by atoms with Gasteiger partial charge in [0.15, 0.2) is 5.79 Å². The average Bonchev–Trinajstić information content (AvgIpc) is 2.74. The van der Waals surface area contributed by atoms with Gasteiger partial charge in [-0.05, 0) is 18.1 Å². The van der Waals surface area contributed by atoms with Crippen LogP contribution in [0.1, 0.15) is 22.4 Å². The number of fused-ring (bicyclic) bond motifs is 1. The van der Waals surface area contributed by atoms with E-state index in [4.69, 9.17) is 9.47 Å². The quantitative estimate of drug-likeness (QED) is 0.683. The Bertz CT molecular complexity index is 415. The molecule has 1 fully saturated rings. The molecule has 1 aromatic rings. The van der Waals surface area contributed by atoms with Crippen LogP contribution in [0.15, 0.2) is 18.2 Å². The van der Waals surface area contributed by atoms with E-state index in [-0.39, 0.29) is 10.6 Å². The lowest BCUT2D eigenvalue weighted by molar-refractivity contribution is -0.165. The molecule has 1 spiro atoms. The second-order valence-electron chi connectivity index (χ2n) is 4.18. The smallest absolute Gasteiger partial charge is 0.185 e. The first kappa shape index (κ1) is 10.7. The lowest BCUT2D eigenvalue weighted by Crippen LogP contribution is -2.39. The van der Waals surface area contributed by atoms with Gasteiger partial charge in [0.1, 0.15) is 5.82 Å². The second-order valence-corrected chi connectivity index (χ2v) is 5.10. The summed E-state index contributed by atoms with van der Waals surface area (Å²) in [5.74, 6) is -0.840. The molecule has 0 bridgehead atoms. The molecule has 1 unspecified atom stereocenters. The molecule has 2 nitrogen and oxygen atoms in total. The molecule has 0 amide bonds. The molecule has 86 valence electrons. The van der Waals surface area contributed by atoms with Crippen molar-refractivity contribution in [2.24, 2.45) is 0 Å². The van der Waals surface area contributed by atoms with E-state index >= 15 is 0 Å². The maximum atomic E-state index is 13.8. The van der Waals surface area contributed by atoms with Crippen molar-refractivity contribution in [3.63, 3.8) is 0 Å². The molecule has 2 aliphatic rings. The van der Waals surface area contributed by atoms with Gasteiger partial charge in [-0.3, -0.25) is 0 Å². The number of benzene rings is 1. The topological polar surface area (TPSA) is 18.5 Å². The molecule has 1 saturated heterocycles. The van der Waals surface area contributed by atoms with Crippen molar-refractivity contribution >= 4 is 15.9 Å². The van der Waals surface area contributed by atoms with Crippen LogP contribution in [-0.4, -0.2) is 19.0 Å². The Morgan fingerprint density at radius 2 is 2.06 bits per heavy atom. The van der Waals surface area contributed by atoms with Gasteiger partial charge in [-0.25, -0.2) is 4.39 Å². The van der Waals surface area contributed by atoms with Crippen molar-refractivity contribution < 1.29 is 13.9 Å². The van der Waals surface area contributed by atoms with Crippen molar-refractivity contribution in [3.8, 4) is 0 Å². The van der Waals surface area contributed by atoms with Gasteiger partial charge in [0.05, 0.1) is 18.0 Å². The summed E-state index contributed by atoms with van der Waals surface area (Å²) in [7, 11) is 0. The second kappa shape index (κ2) is 3.79. The van der Waals surface area contributed by atoms with E-state index in [1.165, 1.54) is 6.07 Å². The van der Waals surface area contributed by atoms with E-state index in [0.29, 0.717) is 18.8 Å². The number of hydrogen-bond acceptors (Lipinski definition) is 2. The summed E-state index contributed by atoms with van der Waals surface area (Å²) < 4.78 is 25.2. The van der Waals surface area contributed by atoms with Gasteiger partial charge in [0.25, 0.3) is 0 Å². The van der Waals surface area contributed by atoms with Crippen molar-refractivity contribution in [2.45, 2.75) is 23.5 Å². The number of halogens is 2. The molecule has 16 heavy (non-hydrogen) atoms. The maximum Gasteiger partial charge on any atom is 0.185 e. The first-order chi connectivity index (χ1) is 7.73. The molecule has 1 aliphatic heterocycles. The van der Waals surface area contributed by atoms with Crippen LogP contribution in [0.25, 0.3) is 0 Å². The van der Waals surface area contributed by atoms with Crippen molar-refractivity contribution in [2.75, 3.05) is 13.2 Å². The summed E-state index contributed by atoms with van der Waals surface area (Å²) in [5.41, 5.74) is 1.74. The van der Waals surface area contributed by atoms with Gasteiger partial charge >= 0.3 is 0 Å². The van der Waals surface area contributed by atoms with Crippen LogP contribution in [0.3, 0.4) is 0 Å². The Balaban J connectivity index is 2.07. The molecule has 0 saturated carbocycles. The van der Waals surface area contributed by atoms with Crippen LogP contribution >= 0.6 is 15.9 Å². The molecule has 3 rings (SSSR count). The third-order valence-corrected chi connectivity index (χ3v) is 4.46. The van der Waals surface area contributed by atoms with Gasteiger partial charge in [-0.15, -0.1) is 0 Å². The highest BCUT2D eigenvalue weighted by atomic mass is 79.9. The maximum absolute atomic E-state index is 13.8. The predicted molar refractivity (Wildman–Crippen MR) is 61.0 cm³/mol. The Morgan fingerprint density at radius 3 is 2.81 bits per heavy atom. The van der Waals surface area contributed by atoms with Crippen molar-refractivity contribution in [1.82, 2.24) is 0 Å². The summed E-state index contributed by atoms with van der Waals surface area (Å²) in [5, 5.41) is 0. The van der Waals surface area contributed by atoms with Crippen molar-refractivity contribution in [1.29, 1.82) is 0 Å². The zero-order valence-corrected chi connectivity index (χ0v) is 10.3. The van der Waals surface area contributed by atoms with E-state index in [9.17, 15) is 4.39 Å². The Labute approximate surface area is 102 Å². The first-order valence-electron chi connectivity index (χ1n) is 5.42. The monoisotopic (exact) mass is 286 g/mol. The fraction of sp³-hybridized carbons (Fsp3) is 0.500. The van der Waals surface area contributed by atoms with Crippen LogP contribution in [0.2, 0.25) is 0 Å². The van der Waals surface area contributed by atoms with Crippen LogP contribution in [-0.2, 0) is 15.9 Å². The van der Waals surface area contributed by atoms with Crippen LogP contribution in [0, 0.1) is 5.82 Å². The zero-order valence-electron chi connectivity index (χ0n) is 8.71. The summed E-state index contributed by atoms with van der Waals surface area (Å²) in [6.45, 7) is 1.18. The third-order valence-electron chi connectivity index (χ3n) is 3.30. The summed E-state index contributed by atoms with van der Waals surface area (Å²) in [6, 6.07) is 5.21. The average molecular weight is 287 g/mol. The van der Waals surface area contributed by atoms with Gasteiger partial charge in [-0.2, -0.15) is 0 Å². The number of hydrogen-bond donors (Lipinski definition) is 0. The minimum absolute atomic E-state index is 0.183. The predicted octanol–water partition coefficient (Wildman–Crippen LogP) is 2.95. The largest absolute Gasteiger partial charge is 0.346 e. The SMILES string of the molecule is Fc1cccc2c1C(Br)C1(CC2)OCCO1. The highest BCUT2D eigenvalue weighted by molar-refractivity contribution is 9.09. The van der Waals surface area contributed by atoms with Crippen molar-refractivity contribution in [3.05, 3.63) is 35.1 Å². The molecular weight excluding hydrogens is 275 g/mol. The van der Waals surface area contributed by atoms with E-state index in [0.717, 1.165) is 18.4 Å². The number of ether oxygens (including phenoxy) is 2. The van der Waals surface area contributed by atoms with Crippen LogP contribution < -0.4 is 0 Å². The molecule has 0 radical (unpaired) electrons. The summed E-state index contributed by atoms with van der Waals surface area (Å²) in [6.07, 6.45) is 1.58. The van der Waals surface area contributed by atoms with Gasteiger partial charge in [-0.1, -0.05) is 28.1 Å². The van der Waals surface area contributed by atoms with Crippen LogP contribution in [0.4, 0.5) is 4.39 Å². The van der Waals surface area contributed by atoms with E-state index in [1.54, 1.807) is 6.07 Å². The molecule has 0 N–H and O–H groups in total. The number of aryl methyl sites for hydroxylation is 1. The Morgan fingerprint density at radius 1 is 1.31 bits per heavy atom. The Kier molecular flexibility index (Phi) is 2.53. The summed E-state index contributed by atoms with van der Waals surface area (Å²) in [4.78, 5) is -0.215. The molecule has 0 aromatic heterocycles.